The van der Waals surface area contributed by atoms with Crippen LogP contribution in [0.3, 0.4) is 0 Å². The van der Waals surface area contributed by atoms with Gasteiger partial charge in [0.2, 0.25) is 0 Å². The largest absolute Gasteiger partial charge is 0.491 e. The van der Waals surface area contributed by atoms with Gasteiger partial charge in [0.1, 0.15) is 11.5 Å². The first-order chi connectivity index (χ1) is 12.7. The molecule has 1 aromatic heterocycles. The van der Waals surface area contributed by atoms with Crippen LogP contribution in [0.1, 0.15) is 43.1 Å². The van der Waals surface area contributed by atoms with Gasteiger partial charge in [-0.05, 0) is 62.2 Å². The number of benzene rings is 2. The standard InChI is InChI=1S/C23H27NO2.ClH/c1-18(2)26-21-12-10-19(11-13-21)17-24-15-14-22(23-9-6-16-25-23)20-7-4-3-5-8-20;/h3-13,16,18,22,24H,14-15,17H2,1-2H3;1H. The van der Waals surface area contributed by atoms with Gasteiger partial charge < -0.3 is 14.5 Å². The lowest BCUT2D eigenvalue weighted by Gasteiger charge is -2.16. The Morgan fingerprint density at radius 1 is 0.926 bits per heavy atom. The molecule has 2 aromatic carbocycles. The summed E-state index contributed by atoms with van der Waals surface area (Å²) >= 11 is 0. The van der Waals surface area contributed by atoms with Gasteiger partial charge in [-0.25, -0.2) is 0 Å². The van der Waals surface area contributed by atoms with Gasteiger partial charge in [0, 0.05) is 12.5 Å². The van der Waals surface area contributed by atoms with Crippen LogP contribution in [0.2, 0.25) is 0 Å². The Morgan fingerprint density at radius 3 is 2.30 bits per heavy atom. The van der Waals surface area contributed by atoms with E-state index in [0.717, 1.165) is 31.0 Å². The Hall–Kier alpha value is -2.23. The molecule has 0 aliphatic carbocycles. The second-order valence-electron chi connectivity index (χ2n) is 6.75. The highest BCUT2D eigenvalue weighted by Gasteiger charge is 2.16. The lowest BCUT2D eigenvalue weighted by atomic mass is 9.93. The molecule has 1 unspecified atom stereocenters. The van der Waals surface area contributed by atoms with E-state index in [0.29, 0.717) is 0 Å². The molecule has 0 amide bonds. The van der Waals surface area contributed by atoms with E-state index in [-0.39, 0.29) is 24.4 Å². The number of ether oxygens (including phenoxy) is 1. The van der Waals surface area contributed by atoms with E-state index in [1.165, 1.54) is 11.1 Å². The van der Waals surface area contributed by atoms with Crippen molar-refractivity contribution in [1.29, 1.82) is 0 Å². The third kappa shape index (κ3) is 6.46. The van der Waals surface area contributed by atoms with Crippen molar-refractivity contribution in [2.24, 2.45) is 0 Å². The van der Waals surface area contributed by atoms with Crippen molar-refractivity contribution in [3.05, 3.63) is 89.9 Å². The van der Waals surface area contributed by atoms with Crippen LogP contribution >= 0.6 is 12.4 Å². The third-order valence-corrected chi connectivity index (χ3v) is 4.32. The Morgan fingerprint density at radius 2 is 1.67 bits per heavy atom. The van der Waals surface area contributed by atoms with Crippen LogP contribution in [0.4, 0.5) is 0 Å². The van der Waals surface area contributed by atoms with E-state index >= 15 is 0 Å². The lowest BCUT2D eigenvalue weighted by molar-refractivity contribution is 0.242. The maximum absolute atomic E-state index is 5.69. The Labute approximate surface area is 168 Å². The monoisotopic (exact) mass is 385 g/mol. The molecule has 3 nitrogen and oxygen atoms in total. The summed E-state index contributed by atoms with van der Waals surface area (Å²) in [5.74, 6) is 2.22. The van der Waals surface area contributed by atoms with E-state index in [2.05, 4.69) is 47.8 Å². The van der Waals surface area contributed by atoms with Gasteiger partial charge in [0.15, 0.2) is 0 Å². The minimum atomic E-state index is 0. The molecule has 27 heavy (non-hydrogen) atoms. The maximum atomic E-state index is 5.69. The van der Waals surface area contributed by atoms with Crippen LogP contribution in [0.25, 0.3) is 0 Å². The van der Waals surface area contributed by atoms with Crippen LogP contribution in [0, 0.1) is 0 Å². The number of halogens is 1. The zero-order chi connectivity index (χ0) is 18.2. The summed E-state index contributed by atoms with van der Waals surface area (Å²) in [5.41, 5.74) is 2.55. The maximum Gasteiger partial charge on any atom is 0.119 e. The quantitative estimate of drug-likeness (QED) is 0.472. The highest BCUT2D eigenvalue weighted by molar-refractivity contribution is 5.85. The molecule has 0 saturated heterocycles. The van der Waals surface area contributed by atoms with Crippen LogP contribution in [-0.4, -0.2) is 12.6 Å². The van der Waals surface area contributed by atoms with Crippen molar-refractivity contribution in [2.45, 2.75) is 38.8 Å². The smallest absolute Gasteiger partial charge is 0.119 e. The van der Waals surface area contributed by atoms with Gasteiger partial charge >= 0.3 is 0 Å². The van der Waals surface area contributed by atoms with Crippen LogP contribution in [0.5, 0.6) is 5.75 Å². The summed E-state index contributed by atoms with van der Waals surface area (Å²) < 4.78 is 11.4. The lowest BCUT2D eigenvalue weighted by Crippen LogP contribution is -2.17. The van der Waals surface area contributed by atoms with Crippen molar-refractivity contribution in [3.8, 4) is 5.75 Å². The van der Waals surface area contributed by atoms with Crippen molar-refractivity contribution < 1.29 is 9.15 Å². The molecule has 0 aliphatic rings. The predicted molar refractivity (Wildman–Crippen MR) is 113 cm³/mol. The molecule has 3 rings (SSSR count). The molecule has 0 bridgehead atoms. The highest BCUT2D eigenvalue weighted by Crippen LogP contribution is 2.27. The first-order valence-corrected chi connectivity index (χ1v) is 9.27. The first-order valence-electron chi connectivity index (χ1n) is 9.27. The summed E-state index contributed by atoms with van der Waals surface area (Å²) in [4.78, 5) is 0. The zero-order valence-corrected chi connectivity index (χ0v) is 16.7. The molecular formula is C23H28ClNO2. The van der Waals surface area contributed by atoms with E-state index in [1.807, 2.05) is 38.1 Å². The molecule has 0 spiro atoms. The van der Waals surface area contributed by atoms with Gasteiger partial charge in [-0.15, -0.1) is 12.4 Å². The molecule has 4 heteroatoms. The minimum Gasteiger partial charge on any atom is -0.491 e. The molecule has 0 radical (unpaired) electrons. The molecule has 0 aliphatic heterocycles. The number of furan rings is 1. The number of hydrogen-bond acceptors (Lipinski definition) is 3. The molecular weight excluding hydrogens is 358 g/mol. The second-order valence-corrected chi connectivity index (χ2v) is 6.75. The van der Waals surface area contributed by atoms with Gasteiger partial charge in [-0.1, -0.05) is 42.5 Å². The van der Waals surface area contributed by atoms with Crippen molar-refractivity contribution in [2.75, 3.05) is 6.54 Å². The Balaban J connectivity index is 0.00000261. The van der Waals surface area contributed by atoms with Crippen LogP contribution in [0.15, 0.2) is 77.4 Å². The fourth-order valence-corrected chi connectivity index (χ4v) is 3.09. The number of hydrogen-bond donors (Lipinski definition) is 1. The summed E-state index contributed by atoms with van der Waals surface area (Å²) in [5, 5.41) is 3.54. The van der Waals surface area contributed by atoms with Gasteiger partial charge in [0.25, 0.3) is 0 Å². The summed E-state index contributed by atoms with van der Waals surface area (Å²) in [6, 6.07) is 22.9. The molecule has 1 atom stereocenters. The van der Waals surface area contributed by atoms with Gasteiger partial charge in [-0.2, -0.15) is 0 Å². The molecule has 0 saturated carbocycles. The van der Waals surface area contributed by atoms with Crippen LogP contribution < -0.4 is 10.1 Å². The molecule has 1 heterocycles. The first kappa shape index (κ1) is 21.1. The van der Waals surface area contributed by atoms with Crippen molar-refractivity contribution in [3.63, 3.8) is 0 Å². The van der Waals surface area contributed by atoms with Crippen molar-refractivity contribution >= 4 is 12.4 Å². The molecule has 3 aromatic rings. The fraction of sp³-hybridized carbons (Fsp3) is 0.304. The summed E-state index contributed by atoms with van der Waals surface area (Å²) in [6.45, 7) is 5.85. The number of rotatable bonds is 9. The Bertz CT molecular complexity index is 755. The average molecular weight is 386 g/mol. The topological polar surface area (TPSA) is 34.4 Å². The van der Waals surface area contributed by atoms with Crippen molar-refractivity contribution in [1.82, 2.24) is 5.32 Å². The van der Waals surface area contributed by atoms with Gasteiger partial charge in [0.05, 0.1) is 12.4 Å². The molecule has 1 N–H and O–H groups in total. The normalized spacial score (nSPS) is 11.8. The SMILES string of the molecule is CC(C)Oc1ccc(CNCCC(c2ccccc2)c2ccco2)cc1.Cl. The molecule has 144 valence electrons. The fourth-order valence-electron chi connectivity index (χ4n) is 3.09. The zero-order valence-electron chi connectivity index (χ0n) is 15.9. The van der Waals surface area contributed by atoms with E-state index in [9.17, 15) is 0 Å². The van der Waals surface area contributed by atoms with Gasteiger partial charge in [-0.3, -0.25) is 0 Å². The number of nitrogens with one attached hydrogen (secondary N) is 1. The van der Waals surface area contributed by atoms with E-state index in [4.69, 9.17) is 9.15 Å². The minimum absolute atomic E-state index is 0. The predicted octanol–water partition coefficient (Wildman–Crippen LogP) is 5.80. The third-order valence-electron chi connectivity index (χ3n) is 4.32. The van der Waals surface area contributed by atoms with E-state index < -0.39 is 0 Å². The highest BCUT2D eigenvalue weighted by atomic mass is 35.5. The Kier molecular flexibility index (Phi) is 8.43. The average Bonchev–Trinajstić information content (AvgIpc) is 3.18. The second kappa shape index (κ2) is 10.8. The van der Waals surface area contributed by atoms with Crippen LogP contribution in [-0.2, 0) is 6.54 Å². The summed E-state index contributed by atoms with van der Waals surface area (Å²) in [6.07, 6.45) is 2.95. The molecule has 0 fully saturated rings. The summed E-state index contributed by atoms with van der Waals surface area (Å²) in [7, 11) is 0. The van der Waals surface area contributed by atoms with E-state index in [1.54, 1.807) is 6.26 Å².